The molecule has 2 amide bonds. The quantitative estimate of drug-likeness (QED) is 0.278. The summed E-state index contributed by atoms with van der Waals surface area (Å²) < 4.78 is 19.3. The fraction of sp³-hybridized carbons (Fsp3) is 0.250. The SMILES string of the molecule is C[C@H](C(=O)OCc1ccccc1F)N1C(=O)[C@@H]2[C@@H](C1=O)C1(Cl)c3ccccc3C2(Cl)c2ccccc21. The second-order valence-corrected chi connectivity index (χ2v) is 10.6. The number of halogens is 3. The fourth-order valence-electron chi connectivity index (χ4n) is 6.06. The van der Waals surface area contributed by atoms with Crippen molar-refractivity contribution in [2.45, 2.75) is 29.3 Å². The first kappa shape index (κ1) is 23.2. The van der Waals surface area contributed by atoms with Crippen molar-refractivity contribution in [2.24, 2.45) is 11.8 Å². The third-order valence-corrected chi connectivity index (χ3v) is 8.96. The minimum Gasteiger partial charge on any atom is -0.459 e. The Hall–Kier alpha value is -3.22. The normalized spacial score (nSPS) is 28.4. The van der Waals surface area contributed by atoms with Gasteiger partial charge in [0.05, 0.1) is 11.8 Å². The standard InChI is InChI=1S/C28H20Cl2FNO4/c1-15(26(35)36-14-16-8-2-7-13-21(16)31)32-24(33)22-23(25(32)34)28(30)18-10-4-3-9-17(18)27(22,29)19-11-5-6-12-20(19)28/h2-13,15,22-23H,14H2,1H3/t15-,22+,23+,27?,28?/m1/s1. The number of nitrogens with zero attached hydrogens (tertiary/aromatic N) is 1. The van der Waals surface area contributed by atoms with E-state index in [4.69, 9.17) is 27.9 Å². The van der Waals surface area contributed by atoms with E-state index in [0.717, 1.165) is 4.90 Å². The number of imide groups is 1. The summed E-state index contributed by atoms with van der Waals surface area (Å²) in [5.41, 5.74) is 2.91. The monoisotopic (exact) mass is 523 g/mol. The van der Waals surface area contributed by atoms with E-state index in [1.165, 1.54) is 25.1 Å². The van der Waals surface area contributed by atoms with E-state index in [9.17, 15) is 18.8 Å². The van der Waals surface area contributed by atoms with Gasteiger partial charge >= 0.3 is 5.97 Å². The molecule has 1 saturated heterocycles. The third-order valence-electron chi connectivity index (χ3n) is 7.68. The molecule has 0 unspecified atom stereocenters. The van der Waals surface area contributed by atoms with Gasteiger partial charge in [0.1, 0.15) is 28.2 Å². The highest BCUT2D eigenvalue weighted by atomic mass is 35.5. The van der Waals surface area contributed by atoms with Crippen molar-refractivity contribution in [2.75, 3.05) is 0 Å². The summed E-state index contributed by atoms with van der Waals surface area (Å²) in [5, 5.41) is 0. The summed E-state index contributed by atoms with van der Waals surface area (Å²) in [4.78, 5) is 38.9. The van der Waals surface area contributed by atoms with Gasteiger partial charge in [0.15, 0.2) is 0 Å². The predicted molar refractivity (Wildman–Crippen MR) is 131 cm³/mol. The molecule has 8 heteroatoms. The molecule has 3 aromatic rings. The number of carbonyl (C=O) groups excluding carboxylic acids is 3. The Morgan fingerprint density at radius 1 is 0.861 bits per heavy atom. The van der Waals surface area contributed by atoms with E-state index in [2.05, 4.69) is 0 Å². The molecule has 5 nitrogen and oxygen atoms in total. The Bertz CT molecular complexity index is 1340. The number of ether oxygens (including phenoxy) is 1. The molecule has 2 bridgehead atoms. The molecule has 1 fully saturated rings. The maximum absolute atomic E-state index is 14.0. The fourth-order valence-corrected chi connectivity index (χ4v) is 7.16. The van der Waals surface area contributed by atoms with Crippen LogP contribution in [0.3, 0.4) is 0 Å². The molecule has 0 aromatic heterocycles. The number of esters is 1. The van der Waals surface area contributed by atoms with Crippen LogP contribution in [0.4, 0.5) is 4.39 Å². The zero-order valence-electron chi connectivity index (χ0n) is 19.1. The van der Waals surface area contributed by atoms with Gasteiger partial charge < -0.3 is 4.74 Å². The molecule has 3 aliphatic carbocycles. The Labute approximate surface area is 216 Å². The molecule has 36 heavy (non-hydrogen) atoms. The Morgan fingerprint density at radius 2 is 1.28 bits per heavy atom. The van der Waals surface area contributed by atoms with Crippen molar-refractivity contribution in [3.63, 3.8) is 0 Å². The molecule has 1 heterocycles. The first-order valence-corrected chi connectivity index (χ1v) is 12.3. The zero-order valence-corrected chi connectivity index (χ0v) is 20.6. The minimum atomic E-state index is -1.33. The lowest BCUT2D eigenvalue weighted by Crippen LogP contribution is -2.57. The van der Waals surface area contributed by atoms with Crippen LogP contribution in [0.5, 0.6) is 0 Å². The number of alkyl halides is 2. The van der Waals surface area contributed by atoms with Crippen molar-refractivity contribution in [3.8, 4) is 0 Å². The smallest absolute Gasteiger partial charge is 0.329 e. The number of amides is 2. The van der Waals surface area contributed by atoms with Crippen LogP contribution in [0.1, 0.15) is 34.7 Å². The number of likely N-dealkylation sites (tertiary alicyclic amines) is 1. The van der Waals surface area contributed by atoms with E-state index in [-0.39, 0.29) is 12.2 Å². The van der Waals surface area contributed by atoms with E-state index >= 15 is 0 Å². The highest BCUT2D eigenvalue weighted by Gasteiger charge is 2.73. The molecule has 1 aliphatic heterocycles. The lowest BCUT2D eigenvalue weighted by Gasteiger charge is -2.54. The summed E-state index contributed by atoms with van der Waals surface area (Å²) in [6.07, 6.45) is 0. The van der Waals surface area contributed by atoms with Crippen LogP contribution in [0, 0.1) is 17.7 Å². The molecule has 0 N–H and O–H groups in total. The average molecular weight is 524 g/mol. The minimum absolute atomic E-state index is 0.189. The highest BCUT2D eigenvalue weighted by Crippen LogP contribution is 2.69. The average Bonchev–Trinajstić information content (AvgIpc) is 3.17. The molecule has 7 rings (SSSR count). The molecular weight excluding hydrogens is 504 g/mol. The van der Waals surface area contributed by atoms with Crippen LogP contribution in [0.25, 0.3) is 0 Å². The van der Waals surface area contributed by atoms with Crippen molar-refractivity contribution in [1.82, 2.24) is 4.90 Å². The molecule has 3 atom stereocenters. The van der Waals surface area contributed by atoms with Crippen molar-refractivity contribution < 1.29 is 23.5 Å². The maximum Gasteiger partial charge on any atom is 0.329 e. The lowest BCUT2D eigenvalue weighted by molar-refractivity contribution is -0.159. The molecule has 3 aromatic carbocycles. The first-order valence-electron chi connectivity index (χ1n) is 11.6. The summed E-state index contributed by atoms with van der Waals surface area (Å²) >= 11 is 14.7. The van der Waals surface area contributed by atoms with Crippen LogP contribution < -0.4 is 0 Å². The van der Waals surface area contributed by atoms with Crippen LogP contribution >= 0.6 is 23.2 Å². The van der Waals surface area contributed by atoms with Crippen molar-refractivity contribution in [3.05, 3.63) is 106 Å². The summed E-state index contributed by atoms with van der Waals surface area (Å²) in [5.74, 6) is -4.51. The van der Waals surface area contributed by atoms with Gasteiger partial charge in [-0.25, -0.2) is 9.18 Å². The van der Waals surface area contributed by atoms with Crippen molar-refractivity contribution >= 4 is 41.0 Å². The number of carbonyl (C=O) groups is 3. The maximum atomic E-state index is 14.0. The van der Waals surface area contributed by atoms with Gasteiger partial charge in [-0.2, -0.15) is 0 Å². The molecule has 0 spiro atoms. The van der Waals surface area contributed by atoms with Crippen LogP contribution in [-0.4, -0.2) is 28.7 Å². The molecular formula is C28H20Cl2FNO4. The Morgan fingerprint density at radius 3 is 1.72 bits per heavy atom. The van der Waals surface area contributed by atoms with Gasteiger partial charge in [0.2, 0.25) is 11.8 Å². The second kappa shape index (κ2) is 7.89. The van der Waals surface area contributed by atoms with Gasteiger partial charge in [0, 0.05) is 5.56 Å². The molecule has 0 saturated carbocycles. The Balaban J connectivity index is 1.40. The number of benzene rings is 3. The highest BCUT2D eigenvalue weighted by molar-refractivity contribution is 6.36. The van der Waals surface area contributed by atoms with Crippen LogP contribution in [0.15, 0.2) is 72.8 Å². The Kier molecular flexibility index (Phi) is 5.08. The van der Waals surface area contributed by atoms with Crippen LogP contribution in [0.2, 0.25) is 0 Å². The largest absolute Gasteiger partial charge is 0.459 e. The van der Waals surface area contributed by atoms with Crippen molar-refractivity contribution in [1.29, 1.82) is 0 Å². The van der Waals surface area contributed by atoms with Gasteiger partial charge in [-0.15, -0.1) is 23.2 Å². The molecule has 4 aliphatic rings. The van der Waals surface area contributed by atoms with Gasteiger partial charge in [-0.3, -0.25) is 14.5 Å². The van der Waals surface area contributed by atoms with E-state index in [1.54, 1.807) is 6.07 Å². The van der Waals surface area contributed by atoms with Gasteiger partial charge in [-0.05, 0) is 35.2 Å². The van der Waals surface area contributed by atoms with Gasteiger partial charge in [0.25, 0.3) is 0 Å². The molecule has 0 radical (unpaired) electrons. The van der Waals surface area contributed by atoms with E-state index in [1.807, 2.05) is 48.5 Å². The second-order valence-electron chi connectivity index (χ2n) is 9.39. The number of hydrogen-bond donors (Lipinski definition) is 0. The molecule has 182 valence electrons. The van der Waals surface area contributed by atoms with Crippen LogP contribution in [-0.2, 0) is 35.5 Å². The topological polar surface area (TPSA) is 63.7 Å². The summed E-state index contributed by atoms with van der Waals surface area (Å²) in [6, 6.07) is 19.3. The van der Waals surface area contributed by atoms with E-state index in [0.29, 0.717) is 22.3 Å². The number of hydrogen-bond acceptors (Lipinski definition) is 4. The first-order chi connectivity index (χ1) is 17.2. The summed E-state index contributed by atoms with van der Waals surface area (Å²) in [6.45, 7) is 1.09. The lowest BCUT2D eigenvalue weighted by atomic mass is 9.54. The van der Waals surface area contributed by atoms with E-state index < -0.39 is 51.2 Å². The third kappa shape index (κ3) is 2.80. The van der Waals surface area contributed by atoms with Gasteiger partial charge in [-0.1, -0.05) is 66.7 Å². The summed E-state index contributed by atoms with van der Waals surface area (Å²) in [7, 11) is 0. The number of rotatable bonds is 4. The zero-order chi connectivity index (χ0) is 25.4. The predicted octanol–water partition coefficient (Wildman–Crippen LogP) is 4.85.